The molecule has 0 spiro atoms. The zero-order chi connectivity index (χ0) is 59.7. The molecule has 8 nitrogen and oxygen atoms in total. The maximum atomic E-state index is 6.26. The number of pyridine rings is 3. The molecule has 0 amide bonds. The largest absolute Gasteiger partial charge is 0.496 e. The number of nitrogens with zero attached hydrogens (tertiary/aromatic N) is 3. The number of hydrogen-bond acceptors (Lipinski definition) is 8. The summed E-state index contributed by atoms with van der Waals surface area (Å²) in [5.41, 5.74) is 15.4. The minimum atomic E-state index is -0.409. The molecule has 17 rings (SSSR count). The van der Waals surface area contributed by atoms with Crippen molar-refractivity contribution in [2.45, 2.75) is 38.9 Å². The van der Waals surface area contributed by atoms with Gasteiger partial charge in [-0.3, -0.25) is 15.0 Å². The SMILES string of the molecule is Brc1ccc2ccc(Br)cc2c1.CC1(C)OB(c2ccc(-c3cccc4c3oc3ccccc34)nc2)OC1(C)C.c1ccc2c(c1)oc1c(-c3ccc(-c4ccc5ccc(-c6ccc(-c7cccc8c7oc7ccccc78)nc6)cc5c4)cn3)cccc12. The summed E-state index contributed by atoms with van der Waals surface area (Å²) in [4.78, 5) is 14.4. The van der Waals surface area contributed by atoms with Crippen LogP contribution in [0.5, 0.6) is 0 Å². The Morgan fingerprint density at radius 3 is 1.06 bits per heavy atom. The quantitative estimate of drug-likeness (QED) is 0.152. The van der Waals surface area contributed by atoms with E-state index in [9.17, 15) is 0 Å². The summed E-state index contributed by atoms with van der Waals surface area (Å²) in [5.74, 6) is 0. The molecule has 0 radical (unpaired) electrons. The van der Waals surface area contributed by atoms with Crippen LogP contribution < -0.4 is 5.46 Å². The van der Waals surface area contributed by atoms with E-state index < -0.39 is 7.12 Å². The van der Waals surface area contributed by atoms with Crippen LogP contribution in [0.2, 0.25) is 0 Å². The normalized spacial score (nSPS) is 13.6. The molecule has 1 fully saturated rings. The van der Waals surface area contributed by atoms with Gasteiger partial charge < -0.3 is 22.6 Å². The van der Waals surface area contributed by atoms with Crippen LogP contribution in [0.3, 0.4) is 0 Å². The Hall–Kier alpha value is -9.49. The van der Waals surface area contributed by atoms with Crippen molar-refractivity contribution in [1.29, 1.82) is 0 Å². The van der Waals surface area contributed by atoms with Gasteiger partial charge in [-0.25, -0.2) is 0 Å². The summed E-state index contributed by atoms with van der Waals surface area (Å²) in [5, 5.41) is 11.5. The molecule has 88 heavy (non-hydrogen) atoms. The molecule has 424 valence electrons. The van der Waals surface area contributed by atoms with E-state index in [-0.39, 0.29) is 11.2 Å². The summed E-state index contributed by atoms with van der Waals surface area (Å²) in [6.07, 6.45) is 5.74. The lowest BCUT2D eigenvalue weighted by Crippen LogP contribution is -2.41. The fourth-order valence-electron chi connectivity index (χ4n) is 11.8. The Labute approximate surface area is 524 Å². The van der Waals surface area contributed by atoms with E-state index in [1.165, 1.54) is 16.2 Å². The van der Waals surface area contributed by atoms with Crippen LogP contribution in [0, 0.1) is 0 Å². The molecule has 1 saturated heterocycles. The number of fused-ring (bicyclic) bond motifs is 11. The molecule has 16 aromatic rings. The van der Waals surface area contributed by atoms with Crippen LogP contribution >= 0.6 is 31.9 Å². The number of hydrogen-bond donors (Lipinski definition) is 0. The third-order valence-corrected chi connectivity index (χ3v) is 18.1. The Balaban J connectivity index is 0.000000136. The van der Waals surface area contributed by atoms with Crippen LogP contribution in [-0.4, -0.2) is 33.3 Å². The smallest absolute Gasteiger partial charge is 0.455 e. The van der Waals surface area contributed by atoms with Gasteiger partial charge in [-0.15, -0.1) is 0 Å². The molecule has 0 unspecified atom stereocenters. The van der Waals surface area contributed by atoms with Gasteiger partial charge in [0.25, 0.3) is 0 Å². The zero-order valence-corrected chi connectivity index (χ0v) is 51.6. The molecule has 11 heteroatoms. The highest BCUT2D eigenvalue weighted by atomic mass is 79.9. The summed E-state index contributed by atoms with van der Waals surface area (Å²) in [7, 11) is -0.409. The third-order valence-electron chi connectivity index (χ3n) is 17.2. The van der Waals surface area contributed by atoms with Gasteiger partial charge in [0, 0.05) is 93.1 Å². The lowest BCUT2D eigenvalue weighted by atomic mass is 9.80. The van der Waals surface area contributed by atoms with Gasteiger partial charge in [-0.05, 0) is 151 Å². The molecule has 0 saturated carbocycles. The average Bonchev–Trinajstić information content (AvgIpc) is 1.74. The van der Waals surface area contributed by atoms with Gasteiger partial charge >= 0.3 is 7.12 Å². The Morgan fingerprint density at radius 1 is 0.318 bits per heavy atom. The van der Waals surface area contributed by atoms with Crippen molar-refractivity contribution in [2.75, 3.05) is 0 Å². The van der Waals surface area contributed by atoms with Crippen molar-refractivity contribution in [3.63, 3.8) is 0 Å². The molecule has 1 aliphatic rings. The van der Waals surface area contributed by atoms with E-state index in [4.69, 9.17) is 32.5 Å². The lowest BCUT2D eigenvalue weighted by molar-refractivity contribution is 0.00578. The van der Waals surface area contributed by atoms with Crippen molar-refractivity contribution in [3.05, 3.63) is 264 Å². The Morgan fingerprint density at radius 2 is 0.670 bits per heavy atom. The fourth-order valence-corrected chi connectivity index (χ4v) is 12.5. The number of benzene rings is 10. The molecule has 6 aromatic heterocycles. The van der Waals surface area contributed by atoms with Crippen LogP contribution in [0.15, 0.2) is 277 Å². The first-order chi connectivity index (χ1) is 42.9. The predicted octanol–water partition coefficient (Wildman–Crippen LogP) is 21.4. The van der Waals surface area contributed by atoms with Gasteiger partial charge in [0.15, 0.2) is 0 Å². The standard InChI is InChI=1S/C44H26N2O2.C23H22BNO3.C10H6Br2/c1-3-13-41-33(7-1)35-9-5-11-37(43(35)47-41)39-21-19-30(25-45-39)28-17-15-27-16-18-29(24-32(27)23-28)31-20-22-40(46-26-31)38-12-6-10-36-34-8-2-4-14-42(34)48-44(36)38;1-22(2)23(3,4)28-24(27-22)15-12-13-19(25-14-15)18-10-7-9-17-16-8-5-6-11-20(16)26-21(17)18;11-9-3-1-7-2-4-10(12)6-8(7)5-9/h1-26H;5-14H,1-4H3;1-6H. The third kappa shape index (κ3) is 10.2. The summed E-state index contributed by atoms with van der Waals surface area (Å²) >= 11 is 6.88. The number of rotatable bonds is 6. The molecular formula is C77H54BBr2N3O5. The van der Waals surface area contributed by atoms with E-state index in [2.05, 4.69) is 222 Å². The predicted molar refractivity (Wildman–Crippen MR) is 368 cm³/mol. The second-order valence-electron chi connectivity index (χ2n) is 23.2. The summed E-state index contributed by atoms with van der Waals surface area (Å²) < 4.78 is 33.1. The van der Waals surface area contributed by atoms with Gasteiger partial charge in [0.2, 0.25) is 0 Å². The van der Waals surface area contributed by atoms with Crippen molar-refractivity contribution >= 4 is 132 Å². The highest BCUT2D eigenvalue weighted by molar-refractivity contribution is 9.10. The van der Waals surface area contributed by atoms with Gasteiger partial charge in [0.1, 0.15) is 33.5 Å². The van der Waals surface area contributed by atoms with Crippen LogP contribution in [0.4, 0.5) is 0 Å². The van der Waals surface area contributed by atoms with Crippen LogP contribution in [0.1, 0.15) is 27.7 Å². The number of furan rings is 3. The van der Waals surface area contributed by atoms with Crippen molar-refractivity contribution < 1.29 is 22.6 Å². The Kier molecular flexibility index (Phi) is 14.0. The molecule has 0 bridgehead atoms. The molecule has 10 aromatic carbocycles. The first kappa shape index (κ1) is 55.1. The number of para-hydroxylation sites is 6. The lowest BCUT2D eigenvalue weighted by Gasteiger charge is -2.32. The van der Waals surface area contributed by atoms with Crippen molar-refractivity contribution in [1.82, 2.24) is 15.0 Å². The highest BCUT2D eigenvalue weighted by Gasteiger charge is 2.51. The number of halogens is 2. The van der Waals surface area contributed by atoms with E-state index in [1.807, 2.05) is 97.5 Å². The number of aromatic nitrogens is 3. The minimum absolute atomic E-state index is 0.365. The average molecular weight is 1270 g/mol. The Bertz CT molecular complexity index is 5080. The first-order valence-electron chi connectivity index (χ1n) is 29.2. The first-order valence-corrected chi connectivity index (χ1v) is 30.8. The topological polar surface area (TPSA) is 96.6 Å². The zero-order valence-electron chi connectivity index (χ0n) is 48.5. The van der Waals surface area contributed by atoms with E-state index >= 15 is 0 Å². The maximum absolute atomic E-state index is 6.26. The summed E-state index contributed by atoms with van der Waals surface area (Å²) in [6, 6.07) is 81.2. The van der Waals surface area contributed by atoms with Gasteiger partial charge in [-0.2, -0.15) is 0 Å². The summed E-state index contributed by atoms with van der Waals surface area (Å²) in [6.45, 7) is 8.21. The van der Waals surface area contributed by atoms with Gasteiger partial charge in [0.05, 0.1) is 28.3 Å². The molecular weight excluding hydrogens is 1220 g/mol. The van der Waals surface area contributed by atoms with Crippen molar-refractivity contribution in [3.8, 4) is 56.0 Å². The minimum Gasteiger partial charge on any atom is -0.455 e. The van der Waals surface area contributed by atoms with Crippen molar-refractivity contribution in [2.24, 2.45) is 0 Å². The van der Waals surface area contributed by atoms with E-state index in [0.29, 0.717) is 0 Å². The van der Waals surface area contributed by atoms with Crippen LogP contribution in [0.25, 0.3) is 143 Å². The second-order valence-corrected chi connectivity index (χ2v) is 25.0. The molecule has 0 atom stereocenters. The second kappa shape index (κ2) is 22.3. The highest BCUT2D eigenvalue weighted by Crippen LogP contribution is 2.41. The molecule has 0 aliphatic carbocycles. The van der Waals surface area contributed by atoms with Crippen LogP contribution in [-0.2, 0) is 9.31 Å². The van der Waals surface area contributed by atoms with Gasteiger partial charge in [-0.1, -0.05) is 177 Å². The molecule has 7 heterocycles. The van der Waals surface area contributed by atoms with E-state index in [0.717, 1.165) is 142 Å². The fraction of sp³-hybridized carbons (Fsp3) is 0.0779. The van der Waals surface area contributed by atoms with E-state index in [1.54, 1.807) is 0 Å². The monoisotopic (exact) mass is 1270 g/mol. The molecule has 0 N–H and O–H groups in total. The molecule has 1 aliphatic heterocycles. The maximum Gasteiger partial charge on any atom is 0.496 e.